The average molecular weight is 411 g/mol. The molecule has 7 heteroatoms. The van der Waals surface area contributed by atoms with Crippen molar-refractivity contribution in [3.63, 3.8) is 0 Å². The predicted molar refractivity (Wildman–Crippen MR) is 90.8 cm³/mol. The first-order valence-corrected chi connectivity index (χ1v) is 8.65. The molecule has 3 aromatic rings. The molecule has 130 valence electrons. The lowest BCUT2D eigenvalue weighted by Gasteiger charge is -2.17. The van der Waals surface area contributed by atoms with Crippen molar-refractivity contribution in [1.82, 2.24) is 9.38 Å². The molecule has 0 fully saturated rings. The summed E-state index contributed by atoms with van der Waals surface area (Å²) in [5, 5.41) is 0. The molecule has 0 radical (unpaired) electrons. The van der Waals surface area contributed by atoms with E-state index in [0.29, 0.717) is 15.7 Å². The van der Waals surface area contributed by atoms with E-state index in [0.717, 1.165) is 17.8 Å². The van der Waals surface area contributed by atoms with Crippen LogP contribution in [0.4, 0.5) is 13.2 Å². The molecule has 0 spiro atoms. The van der Waals surface area contributed by atoms with E-state index in [2.05, 4.69) is 20.9 Å². The highest BCUT2D eigenvalue weighted by Gasteiger charge is 2.36. The molecule has 1 aromatic carbocycles. The number of para-hydroxylation sites is 1. The van der Waals surface area contributed by atoms with Gasteiger partial charge in [0, 0.05) is 29.7 Å². The van der Waals surface area contributed by atoms with Gasteiger partial charge in [0.2, 0.25) is 0 Å². The molecule has 3 nitrogen and oxygen atoms in total. The van der Waals surface area contributed by atoms with Gasteiger partial charge in [-0.1, -0.05) is 25.1 Å². The number of benzene rings is 1. The zero-order chi connectivity index (χ0) is 17.7. The highest BCUT2D eigenvalue weighted by molar-refractivity contribution is 9.10. The molecule has 25 heavy (non-hydrogen) atoms. The largest absolute Gasteiger partial charge is 0.435 e. The van der Waals surface area contributed by atoms with Crippen LogP contribution in [0.2, 0.25) is 0 Å². The zero-order valence-corrected chi connectivity index (χ0v) is 14.8. The molecule has 1 aliphatic rings. The Hall–Kier alpha value is -2.02. The monoisotopic (exact) mass is 410 g/mol. The Morgan fingerprint density at radius 2 is 2.08 bits per heavy atom. The second-order valence-corrected chi connectivity index (χ2v) is 7.04. The number of fused-ring (bicyclic) bond motifs is 3. The molecule has 0 bridgehead atoms. The van der Waals surface area contributed by atoms with Gasteiger partial charge in [-0.3, -0.25) is 0 Å². The maximum Gasteiger partial charge on any atom is 0.387 e. The molecule has 4 rings (SSSR count). The molecular formula is C18H14BrF3N2O. The van der Waals surface area contributed by atoms with E-state index in [1.807, 2.05) is 11.3 Å². The number of halogens is 4. The van der Waals surface area contributed by atoms with Crippen LogP contribution in [-0.2, 0) is 0 Å². The van der Waals surface area contributed by atoms with E-state index in [9.17, 15) is 13.2 Å². The molecule has 0 saturated carbocycles. The number of ether oxygens (including phenoxy) is 1. The van der Waals surface area contributed by atoms with Crippen LogP contribution in [0.15, 0.2) is 41.0 Å². The molecule has 1 aliphatic carbocycles. The van der Waals surface area contributed by atoms with Crippen molar-refractivity contribution in [2.45, 2.75) is 31.8 Å². The summed E-state index contributed by atoms with van der Waals surface area (Å²) in [6.07, 6.45) is 2.37. The minimum atomic E-state index is -2.88. The van der Waals surface area contributed by atoms with Crippen LogP contribution in [0.1, 0.15) is 42.1 Å². The third-order valence-electron chi connectivity index (χ3n) is 4.63. The molecule has 0 amide bonds. The number of hydrogen-bond acceptors (Lipinski definition) is 2. The van der Waals surface area contributed by atoms with Crippen LogP contribution in [0, 0.1) is 5.82 Å². The predicted octanol–water partition coefficient (Wildman–Crippen LogP) is 5.48. The van der Waals surface area contributed by atoms with Gasteiger partial charge in [0.05, 0.1) is 15.9 Å². The van der Waals surface area contributed by atoms with Crippen molar-refractivity contribution < 1.29 is 17.9 Å². The van der Waals surface area contributed by atoms with Gasteiger partial charge in [-0.2, -0.15) is 8.78 Å². The Balaban J connectivity index is 1.90. The lowest BCUT2D eigenvalue weighted by atomic mass is 9.94. The van der Waals surface area contributed by atoms with Crippen molar-refractivity contribution in [2.24, 2.45) is 0 Å². The molecule has 2 aromatic heterocycles. The maximum absolute atomic E-state index is 13.8. The summed E-state index contributed by atoms with van der Waals surface area (Å²) in [5.41, 5.74) is 2.97. The van der Waals surface area contributed by atoms with Gasteiger partial charge in [-0.15, -0.1) is 0 Å². The summed E-state index contributed by atoms with van der Waals surface area (Å²) in [5.74, 6) is -0.228. The number of pyridine rings is 1. The van der Waals surface area contributed by atoms with Gasteiger partial charge in [0.15, 0.2) is 0 Å². The number of aromatic nitrogens is 2. The fraction of sp³-hybridized carbons (Fsp3) is 0.278. The standard InChI is InChI=1S/C18H14BrF3N2O/c1-9-6-11(10-4-2-3-5-14(10)25-18(21)22)17-16(9)23-15-7-13(20)12(19)8-24(15)17/h2-5,7-9,11,18H,6H2,1H3/t9-,11-/m1/s1. The fourth-order valence-electron chi connectivity index (χ4n) is 3.61. The first kappa shape index (κ1) is 16.4. The Bertz CT molecular complexity index is 957. The van der Waals surface area contributed by atoms with Gasteiger partial charge in [-0.05, 0) is 28.4 Å². The van der Waals surface area contributed by atoms with E-state index in [1.54, 1.807) is 30.5 Å². The number of nitrogens with zero attached hydrogens (tertiary/aromatic N) is 2. The van der Waals surface area contributed by atoms with E-state index < -0.39 is 6.61 Å². The molecule has 2 heterocycles. The summed E-state index contributed by atoms with van der Waals surface area (Å²) in [7, 11) is 0. The summed E-state index contributed by atoms with van der Waals surface area (Å²) in [6, 6.07) is 8.18. The Labute approximate surface area is 150 Å². The minimum Gasteiger partial charge on any atom is -0.435 e. The third-order valence-corrected chi connectivity index (χ3v) is 5.21. The van der Waals surface area contributed by atoms with Gasteiger partial charge < -0.3 is 9.14 Å². The topological polar surface area (TPSA) is 26.5 Å². The molecule has 0 unspecified atom stereocenters. The van der Waals surface area contributed by atoms with Crippen molar-refractivity contribution in [1.29, 1.82) is 0 Å². The smallest absolute Gasteiger partial charge is 0.387 e. The van der Waals surface area contributed by atoms with Crippen molar-refractivity contribution in [3.05, 3.63) is 63.8 Å². The first-order valence-electron chi connectivity index (χ1n) is 7.86. The molecule has 0 saturated heterocycles. The van der Waals surface area contributed by atoms with E-state index in [4.69, 9.17) is 4.74 Å². The zero-order valence-electron chi connectivity index (χ0n) is 13.2. The number of hydrogen-bond donors (Lipinski definition) is 0. The number of alkyl halides is 2. The average Bonchev–Trinajstić information content (AvgIpc) is 3.06. The van der Waals surface area contributed by atoms with Crippen LogP contribution in [0.5, 0.6) is 5.75 Å². The van der Waals surface area contributed by atoms with Crippen molar-refractivity contribution >= 4 is 21.6 Å². The molecule has 0 aliphatic heterocycles. The Morgan fingerprint density at radius 3 is 2.84 bits per heavy atom. The van der Waals surface area contributed by atoms with Crippen molar-refractivity contribution in [3.8, 4) is 5.75 Å². The van der Waals surface area contributed by atoms with Crippen LogP contribution < -0.4 is 4.74 Å². The van der Waals surface area contributed by atoms with E-state index in [1.165, 1.54) is 6.07 Å². The third kappa shape index (κ3) is 2.70. The van der Waals surface area contributed by atoms with Gasteiger partial charge in [-0.25, -0.2) is 9.37 Å². The second kappa shape index (κ2) is 6.05. The molecular weight excluding hydrogens is 397 g/mol. The quantitative estimate of drug-likeness (QED) is 0.571. The van der Waals surface area contributed by atoms with Crippen LogP contribution in [-0.4, -0.2) is 16.0 Å². The van der Waals surface area contributed by atoms with Gasteiger partial charge in [0.25, 0.3) is 0 Å². The molecule has 0 N–H and O–H groups in total. The lowest BCUT2D eigenvalue weighted by molar-refractivity contribution is -0.0505. The van der Waals surface area contributed by atoms with Crippen LogP contribution in [0.25, 0.3) is 5.65 Å². The van der Waals surface area contributed by atoms with E-state index in [-0.39, 0.29) is 23.4 Å². The van der Waals surface area contributed by atoms with Gasteiger partial charge >= 0.3 is 6.61 Å². The van der Waals surface area contributed by atoms with Crippen LogP contribution in [0.3, 0.4) is 0 Å². The SMILES string of the molecule is C[C@@H]1C[C@H](c2ccccc2OC(F)F)c2c1nc1cc(F)c(Br)cn21. The summed E-state index contributed by atoms with van der Waals surface area (Å²) >= 11 is 3.20. The first-order chi connectivity index (χ1) is 12.0. The van der Waals surface area contributed by atoms with E-state index >= 15 is 0 Å². The Morgan fingerprint density at radius 1 is 1.32 bits per heavy atom. The van der Waals surface area contributed by atoms with Crippen LogP contribution >= 0.6 is 15.9 Å². The maximum atomic E-state index is 13.8. The Kier molecular flexibility index (Phi) is 3.98. The number of rotatable bonds is 3. The number of imidazole rings is 1. The summed E-state index contributed by atoms with van der Waals surface area (Å²) in [4.78, 5) is 4.56. The summed E-state index contributed by atoms with van der Waals surface area (Å²) < 4.78 is 46.2. The lowest BCUT2D eigenvalue weighted by Crippen LogP contribution is -2.08. The highest BCUT2D eigenvalue weighted by atomic mass is 79.9. The normalized spacial score (nSPS) is 19.6. The van der Waals surface area contributed by atoms with Gasteiger partial charge in [0.1, 0.15) is 17.2 Å². The van der Waals surface area contributed by atoms with Crippen molar-refractivity contribution in [2.75, 3.05) is 0 Å². The summed E-state index contributed by atoms with van der Waals surface area (Å²) in [6.45, 7) is -0.849. The molecule has 2 atom stereocenters. The minimum absolute atomic E-state index is 0.140. The second-order valence-electron chi connectivity index (χ2n) is 6.19. The fourth-order valence-corrected chi connectivity index (χ4v) is 3.93. The highest BCUT2D eigenvalue weighted by Crippen LogP contribution is 2.47.